The van der Waals surface area contributed by atoms with E-state index in [2.05, 4.69) is 14.2 Å². The summed E-state index contributed by atoms with van der Waals surface area (Å²) >= 11 is 0. The van der Waals surface area contributed by atoms with Crippen LogP contribution >= 0.6 is 0 Å². The number of hydrogen-bond acceptors (Lipinski definition) is 7. The largest absolute Gasteiger partial charge is 1.00 e. The average molecular weight is 275 g/mol. The summed E-state index contributed by atoms with van der Waals surface area (Å²) in [5.74, 6) is -6.15. The Bertz CT molecular complexity index is 232. The Labute approximate surface area is 165 Å². The number of carboxylic acids is 2. The molecule has 0 aromatic rings. The van der Waals surface area contributed by atoms with E-state index >= 15 is 0 Å². The van der Waals surface area contributed by atoms with E-state index in [4.69, 9.17) is 0 Å². The van der Waals surface area contributed by atoms with Crippen LogP contribution in [-0.4, -0.2) is 45.2 Å². The summed E-state index contributed by atoms with van der Waals surface area (Å²) in [6.07, 6.45) is -1.91. The van der Waals surface area contributed by atoms with Gasteiger partial charge in [-0.3, -0.25) is 0 Å². The molecule has 1 unspecified atom stereocenters. The molecular weight excluding hydrogens is 265 g/mol. The van der Waals surface area contributed by atoms with Crippen LogP contribution in [0.4, 0.5) is 0 Å². The zero-order valence-electron chi connectivity index (χ0n) is 10.9. The summed E-state index contributed by atoms with van der Waals surface area (Å²) in [5, 5.41) is 21.2. The molecule has 0 fully saturated rings. The van der Waals surface area contributed by atoms with Gasteiger partial charge in [0.2, 0.25) is 5.79 Å². The zero-order chi connectivity index (χ0) is 11.4. The van der Waals surface area contributed by atoms with E-state index in [0.29, 0.717) is 0 Å². The van der Waals surface area contributed by atoms with Crippen LogP contribution in [0.3, 0.4) is 0 Å². The van der Waals surface area contributed by atoms with Crippen molar-refractivity contribution >= 4 is 11.9 Å². The zero-order valence-corrected chi connectivity index (χ0v) is 16.9. The fourth-order valence-electron chi connectivity index (χ4n) is 0.978. The first-order valence-corrected chi connectivity index (χ1v) is 3.51. The van der Waals surface area contributed by atoms with Crippen LogP contribution in [0.1, 0.15) is 0 Å². The van der Waals surface area contributed by atoms with E-state index in [1.165, 1.54) is 0 Å². The Hall–Kier alpha value is 1.82. The molecule has 1 atom stereocenters. The molecule has 0 N–H and O–H groups in total. The van der Waals surface area contributed by atoms with Gasteiger partial charge in [0.15, 0.2) is 6.10 Å². The minimum atomic E-state index is -2.51. The van der Waals surface area contributed by atoms with Gasteiger partial charge in [-0.2, -0.15) is 0 Å². The van der Waals surface area contributed by atoms with E-state index in [1.807, 2.05) is 0 Å². The van der Waals surface area contributed by atoms with Crippen LogP contribution in [0.25, 0.3) is 0 Å². The fourth-order valence-corrected chi connectivity index (χ4v) is 0.978. The molecule has 17 heavy (non-hydrogen) atoms. The summed E-state index contributed by atoms with van der Waals surface area (Å²) < 4.78 is 13.3. The molecule has 0 aromatic heterocycles. The number of carboxylic acid groups (broad SMARTS) is 2. The Morgan fingerprint density at radius 3 is 1.41 bits per heavy atom. The molecule has 0 amide bonds. The number of hydrogen-bond donors (Lipinski definition) is 0. The normalized spacial score (nSPS) is 11.2. The van der Waals surface area contributed by atoms with Crippen LogP contribution in [0, 0.1) is 0 Å². The van der Waals surface area contributed by atoms with E-state index in [-0.39, 0.29) is 88.7 Å². The molecule has 0 aliphatic rings. The first-order chi connectivity index (χ1) is 6.46. The number of carbonyl (C=O) groups is 2. The number of rotatable bonds is 6. The van der Waals surface area contributed by atoms with Gasteiger partial charge in [0.25, 0.3) is 0 Å². The Balaban J connectivity index is -0.000000282. The molecule has 0 rings (SSSR count). The maximum Gasteiger partial charge on any atom is 1.00 e. The molecule has 82 valence electrons. The van der Waals surface area contributed by atoms with Crippen LogP contribution < -0.4 is 98.9 Å². The third-order valence-electron chi connectivity index (χ3n) is 1.69. The summed E-state index contributed by atoms with van der Waals surface area (Å²) in [6.45, 7) is 0. The standard InChI is InChI=1S/C7H12O7.3Na/c1-12-4(5(8)9)7(13-2,14-3)6(10)11;;;/h4H,1-3H3,(H,8,9)(H,10,11);;;/q;3*+1/p-2. The SMILES string of the molecule is COC(C(=O)[O-])C(OC)(OC)C(=O)[O-].[Na+].[Na+].[Na+]. The topological polar surface area (TPSA) is 108 Å². The van der Waals surface area contributed by atoms with Crippen molar-refractivity contribution in [1.29, 1.82) is 0 Å². The molecule has 7 nitrogen and oxygen atoms in total. The third-order valence-corrected chi connectivity index (χ3v) is 1.69. The molecule has 0 saturated carbocycles. The number of methoxy groups -OCH3 is 3. The second-order valence-electron chi connectivity index (χ2n) is 2.30. The molecule has 0 aliphatic carbocycles. The number of carbonyl (C=O) groups excluding carboxylic acids is 2. The number of aliphatic carboxylic acids is 2. The smallest absolute Gasteiger partial charge is 0.547 e. The minimum Gasteiger partial charge on any atom is -0.547 e. The average Bonchev–Trinajstić information content (AvgIpc) is 2.12. The van der Waals surface area contributed by atoms with Crippen LogP contribution in [0.15, 0.2) is 0 Å². The van der Waals surface area contributed by atoms with Gasteiger partial charge in [0.1, 0.15) is 5.97 Å². The van der Waals surface area contributed by atoms with Crippen LogP contribution in [-0.2, 0) is 23.8 Å². The maximum absolute atomic E-state index is 10.7. The van der Waals surface area contributed by atoms with Crippen molar-refractivity contribution in [3.63, 3.8) is 0 Å². The van der Waals surface area contributed by atoms with Gasteiger partial charge in [0, 0.05) is 21.3 Å². The van der Waals surface area contributed by atoms with Gasteiger partial charge < -0.3 is 34.0 Å². The molecule has 0 bridgehead atoms. The van der Waals surface area contributed by atoms with Crippen LogP contribution in [0.5, 0.6) is 0 Å². The fraction of sp³-hybridized carbons (Fsp3) is 0.714. The first kappa shape index (κ1) is 27.2. The first-order valence-electron chi connectivity index (χ1n) is 3.51. The van der Waals surface area contributed by atoms with Gasteiger partial charge in [0.05, 0.1) is 5.97 Å². The summed E-state index contributed by atoms with van der Waals surface area (Å²) in [6, 6.07) is 0. The van der Waals surface area contributed by atoms with Crippen molar-refractivity contribution in [2.24, 2.45) is 0 Å². The second kappa shape index (κ2) is 12.8. The van der Waals surface area contributed by atoms with E-state index in [0.717, 1.165) is 21.3 Å². The third kappa shape index (κ3) is 6.69. The van der Waals surface area contributed by atoms with Crippen LogP contribution in [0.2, 0.25) is 0 Å². The van der Waals surface area contributed by atoms with Crippen molar-refractivity contribution in [3.05, 3.63) is 0 Å². The molecular formula is C7H10Na3O7+. The molecule has 10 heteroatoms. The second-order valence-corrected chi connectivity index (χ2v) is 2.30. The Morgan fingerprint density at radius 2 is 1.35 bits per heavy atom. The molecule has 0 heterocycles. The maximum atomic E-state index is 10.7. The van der Waals surface area contributed by atoms with Gasteiger partial charge in [-0.15, -0.1) is 0 Å². The van der Waals surface area contributed by atoms with Gasteiger partial charge >= 0.3 is 88.7 Å². The van der Waals surface area contributed by atoms with Crippen molar-refractivity contribution in [2.75, 3.05) is 21.3 Å². The Morgan fingerprint density at radius 1 is 1.00 bits per heavy atom. The summed E-state index contributed by atoms with van der Waals surface area (Å²) in [5.41, 5.74) is 0. The van der Waals surface area contributed by atoms with Gasteiger partial charge in [-0.05, 0) is 0 Å². The molecule has 0 saturated heterocycles. The molecule has 0 aliphatic heterocycles. The molecule has 0 aromatic carbocycles. The van der Waals surface area contributed by atoms with Gasteiger partial charge in [-0.25, -0.2) is 0 Å². The minimum absolute atomic E-state index is 0. The van der Waals surface area contributed by atoms with Gasteiger partial charge in [-0.1, -0.05) is 0 Å². The van der Waals surface area contributed by atoms with Crippen molar-refractivity contribution in [1.82, 2.24) is 0 Å². The van der Waals surface area contributed by atoms with E-state index in [1.54, 1.807) is 0 Å². The van der Waals surface area contributed by atoms with E-state index in [9.17, 15) is 19.8 Å². The van der Waals surface area contributed by atoms with E-state index < -0.39 is 23.8 Å². The number of ether oxygens (including phenoxy) is 3. The summed E-state index contributed by atoms with van der Waals surface area (Å²) in [4.78, 5) is 21.2. The summed E-state index contributed by atoms with van der Waals surface area (Å²) in [7, 11) is 2.89. The quantitative estimate of drug-likeness (QED) is 0.350. The predicted octanol–water partition coefficient (Wildman–Crippen LogP) is -12.5. The van der Waals surface area contributed by atoms with Crippen molar-refractivity contribution in [2.45, 2.75) is 11.9 Å². The Kier molecular flexibility index (Phi) is 20.5. The van der Waals surface area contributed by atoms with Crippen molar-refractivity contribution < 1.29 is 123 Å². The molecule has 0 radical (unpaired) electrons. The monoisotopic (exact) mass is 275 g/mol. The predicted molar refractivity (Wildman–Crippen MR) is 37.6 cm³/mol. The molecule has 0 spiro atoms. The van der Waals surface area contributed by atoms with Crippen molar-refractivity contribution in [3.8, 4) is 0 Å².